The van der Waals surface area contributed by atoms with Gasteiger partial charge in [0.05, 0.1) is 0 Å². The van der Waals surface area contributed by atoms with E-state index in [1.165, 1.54) is 4.90 Å². The van der Waals surface area contributed by atoms with E-state index in [-0.39, 0.29) is 49.5 Å². The zero-order valence-corrected chi connectivity index (χ0v) is 23.8. The molecule has 2 atom stereocenters. The average Bonchev–Trinajstić information content (AvgIpc) is 3.18. The third-order valence-corrected chi connectivity index (χ3v) is 7.55. The van der Waals surface area contributed by atoms with Gasteiger partial charge in [0.2, 0.25) is 17.7 Å². The van der Waals surface area contributed by atoms with Gasteiger partial charge in [0.15, 0.2) is 0 Å². The van der Waals surface area contributed by atoms with Crippen molar-refractivity contribution in [2.45, 2.75) is 51.0 Å². The summed E-state index contributed by atoms with van der Waals surface area (Å²) < 4.78 is 0. The van der Waals surface area contributed by atoms with Crippen LogP contribution in [0.4, 0.5) is 5.69 Å². The number of benzene rings is 2. The smallest absolute Gasteiger partial charge is 0.278 e. The fourth-order valence-corrected chi connectivity index (χ4v) is 5.05. The van der Waals surface area contributed by atoms with Crippen LogP contribution < -0.4 is 10.6 Å². The summed E-state index contributed by atoms with van der Waals surface area (Å²) in [6.07, 6.45) is 1.58. The van der Waals surface area contributed by atoms with Crippen LogP contribution in [0.2, 0.25) is 5.02 Å². The van der Waals surface area contributed by atoms with Gasteiger partial charge in [-0.3, -0.25) is 39.0 Å². The first-order valence-electron chi connectivity index (χ1n) is 13.2. The molecule has 2 aromatic carbocycles. The van der Waals surface area contributed by atoms with Gasteiger partial charge < -0.3 is 10.2 Å². The molecule has 2 aliphatic rings. The zero-order chi connectivity index (χ0) is 29.8. The molecule has 4 rings (SSSR count). The van der Waals surface area contributed by atoms with Crippen molar-refractivity contribution in [2.24, 2.45) is 0 Å². The molecule has 2 heterocycles. The molecule has 214 valence electrons. The molecule has 0 radical (unpaired) electrons. The van der Waals surface area contributed by atoms with Crippen molar-refractivity contribution >= 4 is 52.6 Å². The lowest BCUT2D eigenvalue weighted by molar-refractivity contribution is -0.149. The highest BCUT2D eigenvalue weighted by atomic mass is 35.5. The number of aryl methyl sites for hydroxylation is 1. The van der Waals surface area contributed by atoms with E-state index in [0.29, 0.717) is 16.3 Å². The second-order valence-corrected chi connectivity index (χ2v) is 10.9. The Morgan fingerprint density at radius 3 is 2.54 bits per heavy atom. The highest BCUT2D eigenvalue weighted by Crippen LogP contribution is 2.29. The van der Waals surface area contributed by atoms with Crippen molar-refractivity contribution in [3.8, 4) is 0 Å². The third-order valence-electron chi connectivity index (χ3n) is 7.14. The fraction of sp³-hybridized carbons (Fsp3) is 0.333. The summed E-state index contributed by atoms with van der Waals surface area (Å²) >= 11 is 6.22. The van der Waals surface area contributed by atoms with Gasteiger partial charge in [0.25, 0.3) is 11.8 Å². The quantitative estimate of drug-likeness (QED) is 0.414. The first-order valence-corrected chi connectivity index (χ1v) is 13.6. The molecule has 0 aliphatic carbocycles. The maximum Gasteiger partial charge on any atom is 0.278 e. The maximum absolute atomic E-state index is 13.1. The predicted molar refractivity (Wildman–Crippen MR) is 152 cm³/mol. The predicted octanol–water partition coefficient (Wildman–Crippen LogP) is 2.88. The Morgan fingerprint density at radius 1 is 1.10 bits per heavy atom. The SMILES string of the molecule is Cc1ccc(CC(=O)CC(CC(=O)N(C)C)c2cccc(NC3=CC(=O)N(C4CCC(=O)NC4=O)C3=O)c2)cc1Cl. The number of rotatable bonds is 10. The fourth-order valence-electron chi connectivity index (χ4n) is 4.85. The number of carbonyl (C=O) groups is 6. The molecule has 0 bridgehead atoms. The standard InChI is InChI=1S/C30H31ClN4O6/c1-17-7-8-18(12-23(17)31)11-22(36)14-20(15-27(38)34(2)3)19-5-4-6-21(13-19)32-24-16-28(39)35(30(24)41)25-9-10-26(37)33-29(25)40/h4-8,12-13,16,20,25,32H,9-11,14-15H2,1-3H3,(H,33,37,40). The minimum Gasteiger partial charge on any atom is -0.351 e. The first kappa shape index (κ1) is 29.7. The summed E-state index contributed by atoms with van der Waals surface area (Å²) in [7, 11) is 3.30. The van der Waals surface area contributed by atoms with E-state index in [2.05, 4.69) is 10.6 Å². The van der Waals surface area contributed by atoms with E-state index >= 15 is 0 Å². The second-order valence-electron chi connectivity index (χ2n) is 10.5. The number of nitrogens with one attached hydrogen (secondary N) is 2. The van der Waals surface area contributed by atoms with Crippen LogP contribution in [0.15, 0.2) is 54.2 Å². The Bertz CT molecular complexity index is 1470. The lowest BCUT2D eigenvalue weighted by Gasteiger charge is -2.28. The van der Waals surface area contributed by atoms with Crippen molar-refractivity contribution in [1.29, 1.82) is 0 Å². The summed E-state index contributed by atoms with van der Waals surface area (Å²) in [5.74, 6) is -3.10. The molecule has 2 N–H and O–H groups in total. The molecular weight excluding hydrogens is 548 g/mol. The number of hydrogen-bond donors (Lipinski definition) is 2. The van der Waals surface area contributed by atoms with Crippen LogP contribution in [0.25, 0.3) is 0 Å². The summed E-state index contributed by atoms with van der Waals surface area (Å²) in [5, 5.41) is 5.69. The van der Waals surface area contributed by atoms with Gasteiger partial charge >= 0.3 is 0 Å². The summed E-state index contributed by atoms with van der Waals surface area (Å²) in [6, 6.07) is 11.4. The van der Waals surface area contributed by atoms with E-state index in [1.807, 2.05) is 19.1 Å². The van der Waals surface area contributed by atoms with Gasteiger partial charge in [-0.1, -0.05) is 35.9 Å². The highest BCUT2D eigenvalue weighted by Gasteiger charge is 2.42. The Balaban J connectivity index is 1.50. The molecule has 11 heteroatoms. The molecule has 2 aliphatic heterocycles. The molecule has 5 amide bonds. The van der Waals surface area contributed by atoms with E-state index in [0.717, 1.165) is 22.1 Å². The number of ketones is 1. The largest absolute Gasteiger partial charge is 0.351 e. The van der Waals surface area contributed by atoms with Crippen molar-refractivity contribution in [3.05, 3.63) is 76.0 Å². The molecule has 10 nitrogen and oxygen atoms in total. The van der Waals surface area contributed by atoms with Crippen LogP contribution in [0.3, 0.4) is 0 Å². The number of amides is 5. The van der Waals surface area contributed by atoms with E-state index < -0.39 is 35.6 Å². The van der Waals surface area contributed by atoms with E-state index in [1.54, 1.807) is 44.4 Å². The number of carbonyl (C=O) groups excluding carboxylic acids is 6. The van der Waals surface area contributed by atoms with Gasteiger partial charge in [0, 0.05) is 56.6 Å². The number of anilines is 1. The number of Topliss-reactive ketones (excluding diaryl/α,β-unsaturated/α-hetero) is 1. The van der Waals surface area contributed by atoms with Crippen molar-refractivity contribution in [3.63, 3.8) is 0 Å². The normalized spacial score (nSPS) is 17.7. The molecule has 0 saturated carbocycles. The molecular formula is C30H31ClN4O6. The number of piperidine rings is 1. The Hall–Kier alpha value is -4.31. The number of halogens is 1. The number of nitrogens with zero attached hydrogens (tertiary/aromatic N) is 2. The molecule has 0 spiro atoms. The summed E-state index contributed by atoms with van der Waals surface area (Å²) in [5.41, 5.74) is 2.86. The summed E-state index contributed by atoms with van der Waals surface area (Å²) in [6.45, 7) is 1.88. The Labute approximate surface area is 242 Å². The molecule has 1 fully saturated rings. The van der Waals surface area contributed by atoms with Crippen molar-refractivity contribution < 1.29 is 28.8 Å². The Kier molecular flexibility index (Phi) is 9.02. The Morgan fingerprint density at radius 2 is 1.85 bits per heavy atom. The molecule has 41 heavy (non-hydrogen) atoms. The minimum absolute atomic E-state index is 0.0231. The highest BCUT2D eigenvalue weighted by molar-refractivity contribution is 6.31. The van der Waals surface area contributed by atoms with Gasteiger partial charge in [-0.25, -0.2) is 0 Å². The van der Waals surface area contributed by atoms with Crippen LogP contribution >= 0.6 is 11.6 Å². The second kappa shape index (κ2) is 12.5. The van der Waals surface area contributed by atoms with Gasteiger partial charge in [-0.15, -0.1) is 0 Å². The van der Waals surface area contributed by atoms with Crippen LogP contribution in [0.5, 0.6) is 0 Å². The van der Waals surface area contributed by atoms with Crippen molar-refractivity contribution in [2.75, 3.05) is 19.4 Å². The monoisotopic (exact) mass is 578 g/mol. The third kappa shape index (κ3) is 7.07. The lowest BCUT2D eigenvalue weighted by Crippen LogP contribution is -2.54. The topological polar surface area (TPSA) is 133 Å². The molecule has 0 aromatic heterocycles. The molecule has 2 unspecified atom stereocenters. The van der Waals surface area contributed by atoms with Crippen molar-refractivity contribution in [1.82, 2.24) is 15.1 Å². The van der Waals surface area contributed by atoms with Crippen LogP contribution in [-0.4, -0.2) is 65.3 Å². The minimum atomic E-state index is -1.06. The van der Waals surface area contributed by atoms with Crippen LogP contribution in [0.1, 0.15) is 48.3 Å². The van der Waals surface area contributed by atoms with Crippen LogP contribution in [-0.2, 0) is 35.2 Å². The summed E-state index contributed by atoms with van der Waals surface area (Å²) in [4.78, 5) is 77.5. The molecule has 2 aromatic rings. The lowest BCUT2D eigenvalue weighted by atomic mass is 9.88. The maximum atomic E-state index is 13.1. The first-order chi connectivity index (χ1) is 19.4. The molecule has 1 saturated heterocycles. The van der Waals surface area contributed by atoms with Gasteiger partial charge in [-0.05, 0) is 54.2 Å². The van der Waals surface area contributed by atoms with Crippen LogP contribution in [0, 0.1) is 6.92 Å². The average molecular weight is 579 g/mol. The number of imide groups is 2. The zero-order valence-electron chi connectivity index (χ0n) is 23.0. The van der Waals surface area contributed by atoms with Gasteiger partial charge in [-0.2, -0.15) is 0 Å². The number of hydrogen-bond acceptors (Lipinski definition) is 7. The van der Waals surface area contributed by atoms with E-state index in [4.69, 9.17) is 11.6 Å². The van der Waals surface area contributed by atoms with E-state index in [9.17, 15) is 28.8 Å². The van der Waals surface area contributed by atoms with Gasteiger partial charge in [0.1, 0.15) is 17.5 Å².